The molecule has 0 saturated carbocycles. The Morgan fingerprint density at radius 1 is 1.08 bits per heavy atom. The lowest BCUT2D eigenvalue weighted by molar-refractivity contribution is 0.198. The maximum Gasteiger partial charge on any atom is 0.227 e. The van der Waals surface area contributed by atoms with E-state index >= 15 is 0 Å². The number of hydrogen-bond donors (Lipinski definition) is 1. The van der Waals surface area contributed by atoms with Crippen LogP contribution in [0.2, 0.25) is 0 Å². The van der Waals surface area contributed by atoms with Crippen LogP contribution in [-0.2, 0) is 4.74 Å². The highest BCUT2D eigenvalue weighted by molar-refractivity contribution is 5.64. The number of anilines is 2. The van der Waals surface area contributed by atoms with E-state index in [0.717, 1.165) is 55.7 Å². The SMILES string of the molecule is COCCCNc1cc(-c2ccccc2)nc(N2CCCCC2)n1. The molecule has 0 spiro atoms. The molecule has 1 aromatic carbocycles. The van der Waals surface area contributed by atoms with Crippen molar-refractivity contribution in [1.29, 1.82) is 0 Å². The molecule has 0 aliphatic carbocycles. The molecule has 1 N–H and O–H groups in total. The van der Waals surface area contributed by atoms with Crippen LogP contribution in [0.4, 0.5) is 11.8 Å². The van der Waals surface area contributed by atoms with Crippen LogP contribution in [0.3, 0.4) is 0 Å². The predicted octanol–water partition coefficient (Wildman–Crippen LogP) is 3.58. The number of piperidine rings is 1. The standard InChI is InChI=1S/C19H26N4O/c1-24-14-8-11-20-18-15-17(16-9-4-2-5-10-16)21-19(22-18)23-12-6-3-7-13-23/h2,4-5,9-10,15H,3,6-8,11-14H2,1H3,(H,20,21,22). The fourth-order valence-electron chi connectivity index (χ4n) is 2.95. The largest absolute Gasteiger partial charge is 0.385 e. The van der Waals surface area contributed by atoms with Gasteiger partial charge in [0.1, 0.15) is 5.82 Å². The highest BCUT2D eigenvalue weighted by Gasteiger charge is 2.16. The third-order valence-corrected chi connectivity index (χ3v) is 4.25. The summed E-state index contributed by atoms with van der Waals surface area (Å²) in [5.74, 6) is 1.73. The maximum atomic E-state index is 5.11. The number of hydrogen-bond acceptors (Lipinski definition) is 5. The van der Waals surface area contributed by atoms with E-state index in [1.54, 1.807) is 7.11 Å². The molecular weight excluding hydrogens is 300 g/mol. The molecule has 24 heavy (non-hydrogen) atoms. The van der Waals surface area contributed by atoms with Crippen molar-refractivity contribution in [3.05, 3.63) is 36.4 Å². The number of nitrogens with zero attached hydrogens (tertiary/aromatic N) is 3. The van der Waals surface area contributed by atoms with Gasteiger partial charge in [-0.05, 0) is 25.7 Å². The van der Waals surface area contributed by atoms with Crippen LogP contribution in [0.25, 0.3) is 11.3 Å². The second kappa shape index (κ2) is 8.64. The van der Waals surface area contributed by atoms with Gasteiger partial charge in [0, 0.05) is 45.0 Å². The Morgan fingerprint density at radius 2 is 1.88 bits per heavy atom. The van der Waals surface area contributed by atoms with Crippen LogP contribution in [-0.4, -0.2) is 43.3 Å². The van der Waals surface area contributed by atoms with E-state index in [4.69, 9.17) is 14.7 Å². The fourth-order valence-corrected chi connectivity index (χ4v) is 2.95. The molecule has 0 atom stereocenters. The molecule has 1 aliphatic heterocycles. The molecule has 2 aromatic rings. The molecule has 1 aromatic heterocycles. The summed E-state index contributed by atoms with van der Waals surface area (Å²) >= 11 is 0. The molecule has 5 heteroatoms. The van der Waals surface area contributed by atoms with Gasteiger partial charge in [-0.25, -0.2) is 4.98 Å². The average molecular weight is 326 g/mol. The van der Waals surface area contributed by atoms with Crippen LogP contribution >= 0.6 is 0 Å². The van der Waals surface area contributed by atoms with E-state index in [0.29, 0.717) is 0 Å². The molecule has 1 saturated heterocycles. The second-order valence-corrected chi connectivity index (χ2v) is 6.13. The van der Waals surface area contributed by atoms with Crippen molar-refractivity contribution in [2.45, 2.75) is 25.7 Å². The van der Waals surface area contributed by atoms with Gasteiger partial charge in [0.05, 0.1) is 5.69 Å². The summed E-state index contributed by atoms with van der Waals surface area (Å²) in [6.45, 7) is 3.68. The summed E-state index contributed by atoms with van der Waals surface area (Å²) in [6, 6.07) is 12.3. The predicted molar refractivity (Wildman–Crippen MR) is 98.5 cm³/mol. The van der Waals surface area contributed by atoms with Gasteiger partial charge >= 0.3 is 0 Å². The third kappa shape index (κ3) is 4.45. The summed E-state index contributed by atoms with van der Waals surface area (Å²) in [6.07, 6.45) is 4.70. The second-order valence-electron chi connectivity index (χ2n) is 6.13. The van der Waals surface area contributed by atoms with Crippen molar-refractivity contribution in [2.24, 2.45) is 0 Å². The number of ether oxygens (including phenoxy) is 1. The summed E-state index contributed by atoms with van der Waals surface area (Å²) in [5, 5.41) is 3.41. The highest BCUT2D eigenvalue weighted by atomic mass is 16.5. The third-order valence-electron chi connectivity index (χ3n) is 4.25. The van der Waals surface area contributed by atoms with Crippen LogP contribution < -0.4 is 10.2 Å². The lowest BCUT2D eigenvalue weighted by Gasteiger charge is -2.27. The van der Waals surface area contributed by atoms with E-state index in [1.165, 1.54) is 19.3 Å². The molecule has 0 amide bonds. The minimum atomic E-state index is 0.753. The van der Waals surface area contributed by atoms with Gasteiger partial charge in [-0.1, -0.05) is 30.3 Å². The van der Waals surface area contributed by atoms with Crippen LogP contribution in [0.1, 0.15) is 25.7 Å². The summed E-state index contributed by atoms with van der Waals surface area (Å²) < 4.78 is 5.11. The number of aromatic nitrogens is 2. The fraction of sp³-hybridized carbons (Fsp3) is 0.474. The molecule has 3 rings (SSSR count). The minimum Gasteiger partial charge on any atom is -0.385 e. The lowest BCUT2D eigenvalue weighted by Crippen LogP contribution is -2.31. The monoisotopic (exact) mass is 326 g/mol. The maximum absolute atomic E-state index is 5.11. The zero-order valence-electron chi connectivity index (χ0n) is 14.4. The van der Waals surface area contributed by atoms with Crippen LogP contribution in [0, 0.1) is 0 Å². The van der Waals surface area contributed by atoms with Gasteiger partial charge in [0.15, 0.2) is 0 Å². The van der Waals surface area contributed by atoms with Gasteiger partial charge in [-0.2, -0.15) is 4.98 Å². The Hall–Kier alpha value is -2.14. The van der Waals surface area contributed by atoms with E-state index < -0.39 is 0 Å². The molecule has 1 fully saturated rings. The van der Waals surface area contributed by atoms with Crippen molar-refractivity contribution in [3.63, 3.8) is 0 Å². The summed E-state index contributed by atoms with van der Waals surface area (Å²) in [5.41, 5.74) is 2.10. The highest BCUT2D eigenvalue weighted by Crippen LogP contribution is 2.24. The smallest absolute Gasteiger partial charge is 0.227 e. The molecule has 0 bridgehead atoms. The van der Waals surface area contributed by atoms with Crippen LogP contribution in [0.15, 0.2) is 36.4 Å². The first-order chi connectivity index (χ1) is 11.9. The first kappa shape index (κ1) is 16.7. The van der Waals surface area contributed by atoms with Gasteiger partial charge in [-0.3, -0.25) is 0 Å². The number of methoxy groups -OCH3 is 1. The van der Waals surface area contributed by atoms with Gasteiger partial charge < -0.3 is 15.0 Å². The van der Waals surface area contributed by atoms with E-state index in [1.807, 2.05) is 24.3 Å². The van der Waals surface area contributed by atoms with Crippen molar-refractivity contribution in [2.75, 3.05) is 43.6 Å². The van der Waals surface area contributed by atoms with E-state index in [9.17, 15) is 0 Å². The molecule has 0 radical (unpaired) electrons. The molecule has 2 heterocycles. The van der Waals surface area contributed by atoms with Crippen molar-refractivity contribution < 1.29 is 4.74 Å². The summed E-state index contributed by atoms with van der Waals surface area (Å²) in [4.78, 5) is 11.9. The first-order valence-electron chi connectivity index (χ1n) is 8.79. The molecule has 1 aliphatic rings. The zero-order valence-corrected chi connectivity index (χ0v) is 14.4. The Kier molecular flexibility index (Phi) is 6.01. The number of benzene rings is 1. The quantitative estimate of drug-likeness (QED) is 0.788. The molecule has 0 unspecified atom stereocenters. The minimum absolute atomic E-state index is 0.753. The van der Waals surface area contributed by atoms with Gasteiger partial charge in [-0.15, -0.1) is 0 Å². The lowest BCUT2D eigenvalue weighted by atomic mass is 10.1. The summed E-state index contributed by atoms with van der Waals surface area (Å²) in [7, 11) is 1.73. The van der Waals surface area contributed by atoms with E-state index in [-0.39, 0.29) is 0 Å². The Balaban J connectivity index is 1.84. The van der Waals surface area contributed by atoms with Crippen LogP contribution in [0.5, 0.6) is 0 Å². The van der Waals surface area contributed by atoms with Crippen molar-refractivity contribution in [1.82, 2.24) is 9.97 Å². The van der Waals surface area contributed by atoms with Crippen molar-refractivity contribution >= 4 is 11.8 Å². The van der Waals surface area contributed by atoms with E-state index in [2.05, 4.69) is 22.3 Å². The number of nitrogens with one attached hydrogen (secondary N) is 1. The Bertz CT molecular complexity index is 627. The zero-order chi connectivity index (χ0) is 16.6. The Morgan fingerprint density at radius 3 is 2.62 bits per heavy atom. The molecule has 5 nitrogen and oxygen atoms in total. The topological polar surface area (TPSA) is 50.3 Å². The molecular formula is C19H26N4O. The first-order valence-corrected chi connectivity index (χ1v) is 8.79. The van der Waals surface area contributed by atoms with Gasteiger partial charge in [0.25, 0.3) is 0 Å². The number of rotatable bonds is 7. The molecule has 128 valence electrons. The average Bonchev–Trinajstić information content (AvgIpc) is 2.66. The normalized spacial score (nSPS) is 14.6. The van der Waals surface area contributed by atoms with Gasteiger partial charge in [0.2, 0.25) is 5.95 Å². The Labute approximate surface area is 144 Å². The van der Waals surface area contributed by atoms with Crippen molar-refractivity contribution in [3.8, 4) is 11.3 Å².